The first-order valence-electron chi connectivity index (χ1n) is 6.34. The van der Waals surface area contributed by atoms with Gasteiger partial charge in [0.25, 0.3) is 0 Å². The number of halogens is 1. The predicted molar refractivity (Wildman–Crippen MR) is 80.8 cm³/mol. The molecule has 0 amide bonds. The predicted octanol–water partition coefficient (Wildman–Crippen LogP) is 3.23. The van der Waals surface area contributed by atoms with Crippen LogP contribution in [0.3, 0.4) is 0 Å². The van der Waals surface area contributed by atoms with Crippen molar-refractivity contribution in [3.8, 4) is 6.07 Å². The first-order chi connectivity index (χ1) is 9.72. The molecule has 0 fully saturated rings. The van der Waals surface area contributed by atoms with E-state index in [1.165, 1.54) is 0 Å². The normalized spacial score (nSPS) is 11.7. The second kappa shape index (κ2) is 6.95. The molecular weight excluding hydrogens is 272 g/mol. The lowest BCUT2D eigenvalue weighted by molar-refractivity contribution is 0.273. The van der Waals surface area contributed by atoms with E-state index >= 15 is 0 Å². The molecule has 0 aliphatic rings. The Hall–Kier alpha value is -2.02. The van der Waals surface area contributed by atoms with Crippen molar-refractivity contribution < 1.29 is 5.11 Å². The number of anilines is 1. The molecule has 2 aromatic rings. The van der Waals surface area contributed by atoms with E-state index in [1.807, 2.05) is 36.4 Å². The molecule has 0 spiro atoms. The van der Waals surface area contributed by atoms with Gasteiger partial charge in [0.05, 0.1) is 23.2 Å². The van der Waals surface area contributed by atoms with Crippen LogP contribution in [0.2, 0.25) is 5.02 Å². The summed E-state index contributed by atoms with van der Waals surface area (Å²) in [5, 5.41) is 21.9. The first kappa shape index (κ1) is 14.4. The lowest BCUT2D eigenvalue weighted by Gasteiger charge is -2.18. The molecular formula is C16H15ClN2O. The highest BCUT2D eigenvalue weighted by atomic mass is 35.5. The Morgan fingerprint density at radius 3 is 2.55 bits per heavy atom. The topological polar surface area (TPSA) is 56.0 Å². The molecule has 0 radical (unpaired) electrons. The Balaban J connectivity index is 2.07. The van der Waals surface area contributed by atoms with Gasteiger partial charge in [-0.05, 0) is 30.2 Å². The molecule has 0 aromatic heterocycles. The number of nitrogens with zero attached hydrogens (tertiary/aromatic N) is 1. The van der Waals surface area contributed by atoms with Crippen LogP contribution in [-0.4, -0.2) is 17.8 Å². The van der Waals surface area contributed by atoms with Crippen LogP contribution in [0.4, 0.5) is 5.69 Å². The van der Waals surface area contributed by atoms with Crippen molar-refractivity contribution in [2.24, 2.45) is 0 Å². The van der Waals surface area contributed by atoms with Crippen LogP contribution < -0.4 is 5.32 Å². The fourth-order valence-corrected chi connectivity index (χ4v) is 2.21. The largest absolute Gasteiger partial charge is 0.394 e. The minimum atomic E-state index is -0.0959. The summed E-state index contributed by atoms with van der Waals surface area (Å²) >= 11 is 5.99. The highest BCUT2D eigenvalue weighted by Gasteiger charge is 2.09. The van der Waals surface area contributed by atoms with Crippen LogP contribution in [0, 0.1) is 11.3 Å². The number of hydrogen-bond acceptors (Lipinski definition) is 3. The summed E-state index contributed by atoms with van der Waals surface area (Å²) in [4.78, 5) is 0. The van der Waals surface area contributed by atoms with Gasteiger partial charge in [-0.15, -0.1) is 0 Å². The second-order valence-corrected chi connectivity index (χ2v) is 4.93. The monoisotopic (exact) mass is 286 g/mol. The zero-order valence-electron chi connectivity index (χ0n) is 10.9. The summed E-state index contributed by atoms with van der Waals surface area (Å²) < 4.78 is 0. The Bertz CT molecular complexity index is 608. The maximum absolute atomic E-state index is 9.47. The molecule has 4 heteroatoms. The SMILES string of the molecule is N#Cc1ccc(NC(CO)Cc2ccccc2)cc1Cl. The molecule has 0 bridgehead atoms. The smallest absolute Gasteiger partial charge is 0.101 e. The second-order valence-electron chi connectivity index (χ2n) is 4.52. The van der Waals surface area contributed by atoms with Crippen LogP contribution in [0.5, 0.6) is 0 Å². The van der Waals surface area contributed by atoms with Crippen molar-refractivity contribution in [1.82, 2.24) is 0 Å². The summed E-state index contributed by atoms with van der Waals surface area (Å²) in [5.41, 5.74) is 2.39. The Labute approximate surface area is 123 Å². The lowest BCUT2D eigenvalue weighted by atomic mass is 10.1. The van der Waals surface area contributed by atoms with E-state index in [4.69, 9.17) is 16.9 Å². The molecule has 3 nitrogen and oxygen atoms in total. The zero-order chi connectivity index (χ0) is 14.4. The Kier molecular flexibility index (Phi) is 5.00. The third-order valence-electron chi connectivity index (χ3n) is 3.01. The standard InChI is InChI=1S/C16H15ClN2O/c17-16-9-14(7-6-13(16)10-18)19-15(11-20)8-12-4-2-1-3-5-12/h1-7,9,15,19-20H,8,11H2. The molecule has 0 aliphatic carbocycles. The minimum Gasteiger partial charge on any atom is -0.394 e. The first-order valence-corrected chi connectivity index (χ1v) is 6.71. The van der Waals surface area contributed by atoms with Crippen LogP contribution in [0.1, 0.15) is 11.1 Å². The van der Waals surface area contributed by atoms with Crippen molar-refractivity contribution in [3.05, 3.63) is 64.7 Å². The fourth-order valence-electron chi connectivity index (χ4n) is 1.99. The summed E-state index contributed by atoms with van der Waals surface area (Å²) in [7, 11) is 0. The van der Waals surface area contributed by atoms with Gasteiger partial charge in [-0.25, -0.2) is 0 Å². The van der Waals surface area contributed by atoms with Crippen molar-refractivity contribution in [1.29, 1.82) is 5.26 Å². The van der Waals surface area contributed by atoms with Crippen LogP contribution in [0.15, 0.2) is 48.5 Å². The summed E-state index contributed by atoms with van der Waals surface area (Å²) in [6, 6.07) is 17.0. The van der Waals surface area contributed by atoms with Crippen molar-refractivity contribution in [3.63, 3.8) is 0 Å². The zero-order valence-corrected chi connectivity index (χ0v) is 11.6. The molecule has 0 saturated carbocycles. The highest BCUT2D eigenvalue weighted by Crippen LogP contribution is 2.21. The maximum Gasteiger partial charge on any atom is 0.101 e. The molecule has 20 heavy (non-hydrogen) atoms. The van der Waals surface area contributed by atoms with E-state index in [0.29, 0.717) is 10.6 Å². The van der Waals surface area contributed by atoms with Gasteiger partial charge >= 0.3 is 0 Å². The average molecular weight is 287 g/mol. The molecule has 1 unspecified atom stereocenters. The van der Waals surface area contributed by atoms with E-state index in [-0.39, 0.29) is 12.6 Å². The number of aliphatic hydroxyl groups is 1. The van der Waals surface area contributed by atoms with E-state index in [1.54, 1.807) is 18.2 Å². The van der Waals surface area contributed by atoms with Crippen LogP contribution in [-0.2, 0) is 6.42 Å². The number of aliphatic hydroxyl groups excluding tert-OH is 1. The van der Waals surface area contributed by atoms with Crippen molar-refractivity contribution >= 4 is 17.3 Å². The van der Waals surface area contributed by atoms with Gasteiger partial charge in [-0.3, -0.25) is 0 Å². The number of nitriles is 1. The van der Waals surface area contributed by atoms with Crippen LogP contribution in [0.25, 0.3) is 0 Å². The van der Waals surface area contributed by atoms with Gasteiger partial charge < -0.3 is 10.4 Å². The van der Waals surface area contributed by atoms with Gasteiger partial charge in [0.1, 0.15) is 6.07 Å². The molecule has 0 aliphatic heterocycles. The molecule has 2 N–H and O–H groups in total. The molecule has 1 atom stereocenters. The summed E-state index contributed by atoms with van der Waals surface area (Å²) in [6.45, 7) is 0.0204. The van der Waals surface area contributed by atoms with E-state index in [2.05, 4.69) is 5.32 Å². The van der Waals surface area contributed by atoms with Crippen molar-refractivity contribution in [2.45, 2.75) is 12.5 Å². The van der Waals surface area contributed by atoms with E-state index in [0.717, 1.165) is 17.7 Å². The Morgan fingerprint density at radius 1 is 1.20 bits per heavy atom. The molecule has 102 valence electrons. The summed E-state index contributed by atoms with van der Waals surface area (Å²) in [5.74, 6) is 0. The maximum atomic E-state index is 9.47. The fraction of sp³-hybridized carbons (Fsp3) is 0.188. The molecule has 0 saturated heterocycles. The van der Waals surface area contributed by atoms with E-state index in [9.17, 15) is 5.11 Å². The highest BCUT2D eigenvalue weighted by molar-refractivity contribution is 6.32. The van der Waals surface area contributed by atoms with Gasteiger partial charge in [0, 0.05) is 5.69 Å². The van der Waals surface area contributed by atoms with Crippen LogP contribution >= 0.6 is 11.6 Å². The van der Waals surface area contributed by atoms with Gasteiger partial charge in [0.15, 0.2) is 0 Å². The third-order valence-corrected chi connectivity index (χ3v) is 3.32. The number of benzene rings is 2. The average Bonchev–Trinajstić information content (AvgIpc) is 2.48. The Morgan fingerprint density at radius 2 is 1.95 bits per heavy atom. The third kappa shape index (κ3) is 3.74. The number of rotatable bonds is 5. The quantitative estimate of drug-likeness (QED) is 0.887. The molecule has 2 aromatic carbocycles. The number of nitrogens with one attached hydrogen (secondary N) is 1. The van der Waals surface area contributed by atoms with Crippen molar-refractivity contribution in [2.75, 3.05) is 11.9 Å². The van der Waals surface area contributed by atoms with Gasteiger partial charge in [-0.1, -0.05) is 41.9 Å². The lowest BCUT2D eigenvalue weighted by Crippen LogP contribution is -2.26. The summed E-state index contributed by atoms with van der Waals surface area (Å²) in [6.07, 6.45) is 0.717. The number of hydrogen-bond donors (Lipinski definition) is 2. The van der Waals surface area contributed by atoms with E-state index < -0.39 is 0 Å². The minimum absolute atomic E-state index is 0.0204. The van der Waals surface area contributed by atoms with Gasteiger partial charge in [0.2, 0.25) is 0 Å². The van der Waals surface area contributed by atoms with Gasteiger partial charge in [-0.2, -0.15) is 5.26 Å². The molecule has 0 heterocycles. The molecule has 2 rings (SSSR count).